The van der Waals surface area contributed by atoms with Crippen molar-refractivity contribution in [1.82, 2.24) is 20.3 Å². The Labute approximate surface area is 138 Å². The van der Waals surface area contributed by atoms with Crippen LogP contribution in [0, 0.1) is 0 Å². The van der Waals surface area contributed by atoms with E-state index >= 15 is 0 Å². The summed E-state index contributed by atoms with van der Waals surface area (Å²) in [6.07, 6.45) is 6.25. The first kappa shape index (κ1) is 15.3. The molecular weight excluding hydrogens is 308 g/mol. The van der Waals surface area contributed by atoms with Crippen LogP contribution in [0.2, 0.25) is 0 Å². The van der Waals surface area contributed by atoms with E-state index in [-0.39, 0.29) is 5.91 Å². The molecule has 3 aromatic heterocycles. The molecule has 3 aromatic rings. The number of hydrogen-bond donors (Lipinski definition) is 1. The second kappa shape index (κ2) is 7.60. The van der Waals surface area contributed by atoms with E-state index in [0.717, 1.165) is 22.0 Å². The van der Waals surface area contributed by atoms with Crippen molar-refractivity contribution in [3.8, 4) is 10.7 Å². The van der Waals surface area contributed by atoms with Crippen molar-refractivity contribution in [2.75, 3.05) is 0 Å². The van der Waals surface area contributed by atoms with Gasteiger partial charge in [0.25, 0.3) is 0 Å². The van der Waals surface area contributed by atoms with Gasteiger partial charge in [0.05, 0.1) is 11.4 Å². The third-order valence-electron chi connectivity index (χ3n) is 3.28. The van der Waals surface area contributed by atoms with E-state index in [1.807, 2.05) is 35.7 Å². The molecule has 0 bridgehead atoms. The van der Waals surface area contributed by atoms with Crippen LogP contribution in [0.15, 0.2) is 54.3 Å². The van der Waals surface area contributed by atoms with Gasteiger partial charge < -0.3 is 5.32 Å². The summed E-state index contributed by atoms with van der Waals surface area (Å²) in [5, 5.41) is 5.78. The van der Waals surface area contributed by atoms with E-state index in [1.165, 1.54) is 0 Å². The van der Waals surface area contributed by atoms with Crippen LogP contribution in [0.3, 0.4) is 0 Å². The number of nitrogens with one attached hydrogen (secondary N) is 1. The van der Waals surface area contributed by atoms with Gasteiger partial charge >= 0.3 is 0 Å². The molecule has 0 fully saturated rings. The highest BCUT2D eigenvalue weighted by Gasteiger charge is 2.08. The number of aromatic nitrogens is 3. The lowest BCUT2D eigenvalue weighted by atomic mass is 10.2. The van der Waals surface area contributed by atoms with Gasteiger partial charge in [0.15, 0.2) is 0 Å². The Balaban J connectivity index is 1.49. The summed E-state index contributed by atoms with van der Waals surface area (Å²) in [5.74, 6) is 0.0224. The molecule has 0 spiro atoms. The summed E-state index contributed by atoms with van der Waals surface area (Å²) in [5.41, 5.74) is 2.83. The Morgan fingerprint density at radius 2 is 2.00 bits per heavy atom. The monoisotopic (exact) mass is 324 g/mol. The van der Waals surface area contributed by atoms with E-state index < -0.39 is 0 Å². The van der Waals surface area contributed by atoms with Crippen LogP contribution in [0.25, 0.3) is 10.7 Å². The smallest absolute Gasteiger partial charge is 0.220 e. The van der Waals surface area contributed by atoms with Gasteiger partial charge in [-0.3, -0.25) is 14.8 Å². The number of nitrogens with zero attached hydrogens (tertiary/aromatic N) is 3. The quantitative estimate of drug-likeness (QED) is 0.757. The molecule has 0 saturated heterocycles. The minimum atomic E-state index is 0.0224. The predicted octanol–water partition coefficient (Wildman–Crippen LogP) is 2.85. The second-order valence-electron chi connectivity index (χ2n) is 4.99. The maximum absolute atomic E-state index is 11.9. The number of carbonyl (C=O) groups excluding carboxylic acids is 1. The van der Waals surface area contributed by atoms with Gasteiger partial charge in [-0.1, -0.05) is 6.07 Å². The van der Waals surface area contributed by atoms with Crippen molar-refractivity contribution < 1.29 is 4.79 Å². The zero-order chi connectivity index (χ0) is 15.9. The molecule has 0 aliphatic heterocycles. The van der Waals surface area contributed by atoms with Crippen LogP contribution in [0.4, 0.5) is 0 Å². The van der Waals surface area contributed by atoms with Gasteiger partial charge in [-0.15, -0.1) is 11.3 Å². The maximum atomic E-state index is 11.9. The van der Waals surface area contributed by atoms with Crippen LogP contribution in [0.5, 0.6) is 0 Å². The van der Waals surface area contributed by atoms with Crippen molar-refractivity contribution in [2.45, 2.75) is 19.4 Å². The molecule has 6 heteroatoms. The summed E-state index contributed by atoms with van der Waals surface area (Å²) in [4.78, 5) is 24.7. The van der Waals surface area contributed by atoms with Gasteiger partial charge in [-0.05, 0) is 36.2 Å². The fraction of sp³-hybridized carbons (Fsp3) is 0.176. The molecule has 3 heterocycles. The lowest BCUT2D eigenvalue weighted by molar-refractivity contribution is -0.121. The molecule has 0 aromatic carbocycles. The predicted molar refractivity (Wildman–Crippen MR) is 89.7 cm³/mol. The Kier molecular flexibility index (Phi) is 5.06. The maximum Gasteiger partial charge on any atom is 0.220 e. The van der Waals surface area contributed by atoms with Crippen LogP contribution < -0.4 is 5.32 Å². The molecule has 1 amide bonds. The molecule has 5 nitrogen and oxygen atoms in total. The van der Waals surface area contributed by atoms with Gasteiger partial charge in [-0.2, -0.15) is 0 Å². The van der Waals surface area contributed by atoms with Crippen molar-refractivity contribution in [3.05, 3.63) is 65.6 Å². The number of amides is 1. The highest BCUT2D eigenvalue weighted by atomic mass is 32.1. The first-order valence-corrected chi connectivity index (χ1v) is 8.20. The summed E-state index contributed by atoms with van der Waals surface area (Å²) < 4.78 is 0. The molecule has 0 atom stereocenters. The molecular formula is C17H16N4OS. The SMILES string of the molecule is O=C(CCc1csc(-c2ccccn2)n1)NCc1ccncc1. The number of rotatable bonds is 6. The van der Waals surface area contributed by atoms with E-state index in [0.29, 0.717) is 19.4 Å². The Bertz CT molecular complexity index is 759. The lowest BCUT2D eigenvalue weighted by Gasteiger charge is -2.04. The van der Waals surface area contributed by atoms with Crippen LogP contribution in [-0.4, -0.2) is 20.9 Å². The number of carbonyl (C=O) groups is 1. The molecule has 0 aliphatic rings. The summed E-state index contributed by atoms with van der Waals surface area (Å²) in [7, 11) is 0. The number of aryl methyl sites for hydroxylation is 1. The van der Waals surface area contributed by atoms with Crippen molar-refractivity contribution in [1.29, 1.82) is 0 Å². The standard InChI is InChI=1S/C17H16N4OS/c22-16(20-11-13-6-9-18-10-7-13)5-4-14-12-23-17(21-14)15-3-1-2-8-19-15/h1-3,6-10,12H,4-5,11H2,(H,20,22). The van der Waals surface area contributed by atoms with E-state index in [2.05, 4.69) is 20.3 Å². The van der Waals surface area contributed by atoms with Crippen LogP contribution in [-0.2, 0) is 17.8 Å². The highest BCUT2D eigenvalue weighted by molar-refractivity contribution is 7.13. The van der Waals surface area contributed by atoms with Gasteiger partial charge in [0.2, 0.25) is 5.91 Å². The minimum Gasteiger partial charge on any atom is -0.352 e. The number of thiazole rings is 1. The molecule has 3 rings (SSSR count). The summed E-state index contributed by atoms with van der Waals surface area (Å²) in [6.45, 7) is 0.525. The normalized spacial score (nSPS) is 10.4. The third-order valence-corrected chi connectivity index (χ3v) is 4.20. The molecule has 116 valence electrons. The van der Waals surface area contributed by atoms with Crippen molar-refractivity contribution >= 4 is 17.2 Å². The van der Waals surface area contributed by atoms with Gasteiger partial charge in [0, 0.05) is 36.9 Å². The first-order valence-electron chi connectivity index (χ1n) is 7.32. The Morgan fingerprint density at radius 3 is 2.78 bits per heavy atom. The van der Waals surface area contributed by atoms with Gasteiger partial charge in [0.1, 0.15) is 5.01 Å². The fourth-order valence-electron chi connectivity index (χ4n) is 2.06. The van der Waals surface area contributed by atoms with E-state index in [4.69, 9.17) is 0 Å². The average Bonchev–Trinajstić information content (AvgIpc) is 3.09. The molecule has 0 unspecified atom stereocenters. The van der Waals surface area contributed by atoms with Crippen molar-refractivity contribution in [2.24, 2.45) is 0 Å². The minimum absolute atomic E-state index is 0.0224. The molecule has 1 N–H and O–H groups in total. The topological polar surface area (TPSA) is 67.8 Å². The van der Waals surface area contributed by atoms with Crippen LogP contribution in [0.1, 0.15) is 17.7 Å². The highest BCUT2D eigenvalue weighted by Crippen LogP contribution is 2.21. The lowest BCUT2D eigenvalue weighted by Crippen LogP contribution is -2.23. The molecule has 0 aliphatic carbocycles. The molecule has 0 saturated carbocycles. The molecule has 0 radical (unpaired) electrons. The zero-order valence-corrected chi connectivity index (χ0v) is 13.3. The first-order chi connectivity index (χ1) is 11.3. The van der Waals surface area contributed by atoms with E-state index in [1.54, 1.807) is 29.9 Å². The van der Waals surface area contributed by atoms with Crippen molar-refractivity contribution in [3.63, 3.8) is 0 Å². The summed E-state index contributed by atoms with van der Waals surface area (Å²) in [6, 6.07) is 9.53. The largest absolute Gasteiger partial charge is 0.352 e. The van der Waals surface area contributed by atoms with E-state index in [9.17, 15) is 4.79 Å². The zero-order valence-electron chi connectivity index (χ0n) is 12.5. The fourth-order valence-corrected chi connectivity index (χ4v) is 2.89. The number of hydrogen-bond acceptors (Lipinski definition) is 5. The third kappa shape index (κ3) is 4.43. The van der Waals surface area contributed by atoms with Crippen LogP contribution >= 0.6 is 11.3 Å². The molecule has 23 heavy (non-hydrogen) atoms. The Morgan fingerprint density at radius 1 is 1.13 bits per heavy atom. The summed E-state index contributed by atoms with van der Waals surface area (Å²) >= 11 is 1.55. The number of pyridine rings is 2. The second-order valence-corrected chi connectivity index (χ2v) is 5.85. The average molecular weight is 324 g/mol. The van der Waals surface area contributed by atoms with Gasteiger partial charge in [-0.25, -0.2) is 4.98 Å². The Hall–Kier alpha value is -2.60.